The van der Waals surface area contributed by atoms with Gasteiger partial charge in [0.15, 0.2) is 0 Å². The number of nitrogens with one attached hydrogen (secondary N) is 1. The van der Waals surface area contributed by atoms with Crippen LogP contribution in [0.1, 0.15) is 43.7 Å². The lowest BCUT2D eigenvalue weighted by molar-refractivity contribution is -0.122. The molecule has 1 amide bonds. The van der Waals surface area contributed by atoms with Crippen molar-refractivity contribution in [3.05, 3.63) is 35.4 Å². The Morgan fingerprint density at radius 2 is 1.75 bits per heavy atom. The summed E-state index contributed by atoms with van der Waals surface area (Å²) in [4.78, 5) is 12.1. The first-order chi connectivity index (χ1) is 9.17. The fourth-order valence-corrected chi connectivity index (χ4v) is 2.85. The van der Waals surface area contributed by atoms with Gasteiger partial charge in [0.25, 0.3) is 0 Å². The molecule has 1 saturated carbocycles. The number of hydrogen-bond donors (Lipinski definition) is 2. The summed E-state index contributed by atoms with van der Waals surface area (Å²) in [5.41, 5.74) is 8.07. The van der Waals surface area contributed by atoms with Crippen LogP contribution in [0.4, 0.5) is 0 Å². The second kappa shape index (κ2) is 7.65. The van der Waals surface area contributed by atoms with Crippen LogP contribution in [0.5, 0.6) is 0 Å². The highest BCUT2D eigenvalue weighted by Crippen LogP contribution is 2.28. The van der Waals surface area contributed by atoms with Crippen LogP contribution in [0.3, 0.4) is 0 Å². The zero-order valence-electron chi connectivity index (χ0n) is 12.2. The Morgan fingerprint density at radius 3 is 2.25 bits per heavy atom. The minimum absolute atomic E-state index is 0. The second-order valence-electron chi connectivity index (χ2n) is 5.59. The van der Waals surface area contributed by atoms with Gasteiger partial charge >= 0.3 is 0 Å². The van der Waals surface area contributed by atoms with Crippen molar-refractivity contribution in [1.82, 2.24) is 5.32 Å². The number of carbonyl (C=O) groups excluding carboxylic acids is 1. The largest absolute Gasteiger partial charge is 0.349 e. The normalized spacial score (nSPS) is 16.5. The van der Waals surface area contributed by atoms with E-state index in [2.05, 4.69) is 24.4 Å². The van der Waals surface area contributed by atoms with E-state index < -0.39 is 0 Å². The molecule has 0 bridgehead atoms. The van der Waals surface area contributed by atoms with Crippen LogP contribution >= 0.6 is 12.4 Å². The third kappa shape index (κ3) is 4.22. The van der Waals surface area contributed by atoms with Gasteiger partial charge in [0.05, 0.1) is 12.0 Å². The molecule has 0 atom stereocenters. The van der Waals surface area contributed by atoms with Crippen LogP contribution in [0.15, 0.2) is 24.3 Å². The lowest BCUT2D eigenvalue weighted by atomic mass is 9.97. The number of amides is 1. The molecule has 4 heteroatoms. The van der Waals surface area contributed by atoms with Crippen molar-refractivity contribution in [3.8, 4) is 0 Å². The Bertz CT molecular complexity index is 425. The van der Waals surface area contributed by atoms with Gasteiger partial charge in [-0.2, -0.15) is 0 Å². The van der Waals surface area contributed by atoms with E-state index in [1.54, 1.807) is 0 Å². The fourth-order valence-electron chi connectivity index (χ4n) is 2.85. The third-order valence-electron chi connectivity index (χ3n) is 4.15. The van der Waals surface area contributed by atoms with Gasteiger partial charge in [-0.15, -0.1) is 12.4 Å². The SMILES string of the molecule is CCc1ccc(CC(=O)NC2(CN)CCCC2)cc1.Cl. The van der Waals surface area contributed by atoms with E-state index in [0.717, 1.165) is 24.8 Å². The number of halogens is 1. The molecule has 0 aliphatic heterocycles. The first-order valence-corrected chi connectivity index (χ1v) is 7.26. The van der Waals surface area contributed by atoms with Crippen LogP contribution < -0.4 is 11.1 Å². The van der Waals surface area contributed by atoms with Crippen LogP contribution in [-0.2, 0) is 17.6 Å². The lowest BCUT2D eigenvalue weighted by Crippen LogP contribution is -2.52. The van der Waals surface area contributed by atoms with E-state index in [1.807, 2.05) is 12.1 Å². The quantitative estimate of drug-likeness (QED) is 0.877. The van der Waals surface area contributed by atoms with Gasteiger partial charge in [0.2, 0.25) is 5.91 Å². The molecule has 0 aromatic heterocycles. The Morgan fingerprint density at radius 1 is 1.20 bits per heavy atom. The predicted molar refractivity (Wildman–Crippen MR) is 85.2 cm³/mol. The highest BCUT2D eigenvalue weighted by atomic mass is 35.5. The summed E-state index contributed by atoms with van der Waals surface area (Å²) in [5.74, 6) is 0.0941. The molecule has 1 aromatic rings. The van der Waals surface area contributed by atoms with Crippen LogP contribution in [0.2, 0.25) is 0 Å². The van der Waals surface area contributed by atoms with Gasteiger partial charge in [-0.1, -0.05) is 44.0 Å². The minimum Gasteiger partial charge on any atom is -0.349 e. The Kier molecular flexibility index (Phi) is 6.50. The molecule has 20 heavy (non-hydrogen) atoms. The fraction of sp³-hybridized carbons (Fsp3) is 0.562. The van der Waals surface area contributed by atoms with Crippen molar-refractivity contribution in [2.75, 3.05) is 6.54 Å². The minimum atomic E-state index is -0.138. The first-order valence-electron chi connectivity index (χ1n) is 7.26. The van der Waals surface area contributed by atoms with Gasteiger partial charge in [-0.25, -0.2) is 0 Å². The van der Waals surface area contributed by atoms with Crippen molar-refractivity contribution in [1.29, 1.82) is 0 Å². The van der Waals surface area contributed by atoms with Crippen molar-refractivity contribution in [3.63, 3.8) is 0 Å². The lowest BCUT2D eigenvalue weighted by Gasteiger charge is -2.28. The molecule has 3 N–H and O–H groups in total. The summed E-state index contributed by atoms with van der Waals surface area (Å²) in [7, 11) is 0. The average Bonchev–Trinajstić information content (AvgIpc) is 2.88. The first kappa shape index (κ1) is 17.0. The number of nitrogens with two attached hydrogens (primary N) is 1. The Hall–Kier alpha value is -1.06. The van der Waals surface area contributed by atoms with Crippen molar-refractivity contribution in [2.24, 2.45) is 5.73 Å². The molecule has 1 fully saturated rings. The van der Waals surface area contributed by atoms with Crippen LogP contribution in [0.25, 0.3) is 0 Å². The van der Waals surface area contributed by atoms with Gasteiger partial charge in [-0.3, -0.25) is 4.79 Å². The van der Waals surface area contributed by atoms with Gasteiger partial charge < -0.3 is 11.1 Å². The topological polar surface area (TPSA) is 55.1 Å². The highest BCUT2D eigenvalue weighted by molar-refractivity contribution is 5.85. The van der Waals surface area contributed by atoms with Gasteiger partial charge in [0, 0.05) is 6.54 Å². The molecule has 0 saturated heterocycles. The molecular weight excluding hydrogens is 272 g/mol. The maximum Gasteiger partial charge on any atom is 0.224 e. The van der Waals surface area contributed by atoms with Crippen molar-refractivity contribution < 1.29 is 4.79 Å². The van der Waals surface area contributed by atoms with Crippen molar-refractivity contribution >= 4 is 18.3 Å². The summed E-state index contributed by atoms with van der Waals surface area (Å²) in [5, 5.41) is 3.16. The smallest absolute Gasteiger partial charge is 0.224 e. The van der Waals surface area contributed by atoms with E-state index in [1.165, 1.54) is 18.4 Å². The van der Waals surface area contributed by atoms with Crippen LogP contribution in [0, 0.1) is 0 Å². The molecule has 1 aromatic carbocycles. The Balaban J connectivity index is 0.00000200. The highest BCUT2D eigenvalue weighted by Gasteiger charge is 2.33. The van der Waals surface area contributed by atoms with E-state index in [4.69, 9.17) is 5.73 Å². The molecule has 3 nitrogen and oxygen atoms in total. The molecule has 0 spiro atoms. The maximum absolute atomic E-state index is 12.1. The number of hydrogen-bond acceptors (Lipinski definition) is 2. The zero-order valence-corrected chi connectivity index (χ0v) is 13.0. The number of carbonyl (C=O) groups is 1. The molecule has 0 unspecified atom stereocenters. The molecule has 1 aliphatic rings. The molecular formula is C16H25ClN2O. The summed E-state index contributed by atoms with van der Waals surface area (Å²) >= 11 is 0. The van der Waals surface area contributed by atoms with Gasteiger partial charge in [-0.05, 0) is 30.4 Å². The predicted octanol–water partition coefficient (Wildman–Crippen LogP) is 2.60. The monoisotopic (exact) mass is 296 g/mol. The molecule has 0 heterocycles. The van der Waals surface area contributed by atoms with E-state index >= 15 is 0 Å². The van der Waals surface area contributed by atoms with E-state index in [0.29, 0.717) is 13.0 Å². The number of benzene rings is 1. The zero-order chi connectivity index (χ0) is 13.7. The van der Waals surface area contributed by atoms with Crippen molar-refractivity contribution in [2.45, 2.75) is 51.0 Å². The van der Waals surface area contributed by atoms with Gasteiger partial charge in [0.1, 0.15) is 0 Å². The molecule has 2 rings (SSSR count). The summed E-state index contributed by atoms with van der Waals surface area (Å²) in [6, 6.07) is 8.28. The maximum atomic E-state index is 12.1. The summed E-state index contributed by atoms with van der Waals surface area (Å²) in [6.07, 6.45) is 5.86. The molecule has 0 radical (unpaired) electrons. The van der Waals surface area contributed by atoms with E-state index in [9.17, 15) is 4.79 Å². The number of rotatable bonds is 5. The summed E-state index contributed by atoms with van der Waals surface area (Å²) < 4.78 is 0. The summed E-state index contributed by atoms with van der Waals surface area (Å²) in [6.45, 7) is 2.68. The number of aryl methyl sites for hydroxylation is 1. The Labute approximate surface area is 127 Å². The molecule has 1 aliphatic carbocycles. The second-order valence-corrected chi connectivity index (χ2v) is 5.59. The van der Waals surface area contributed by atoms with Crippen LogP contribution in [-0.4, -0.2) is 18.0 Å². The third-order valence-corrected chi connectivity index (χ3v) is 4.15. The molecule has 112 valence electrons. The average molecular weight is 297 g/mol. The van der Waals surface area contributed by atoms with E-state index in [-0.39, 0.29) is 23.9 Å². The standard InChI is InChI=1S/C16H24N2O.ClH/c1-2-13-5-7-14(8-6-13)11-15(19)18-16(12-17)9-3-4-10-16;/h5-8H,2-4,9-12,17H2,1H3,(H,18,19);1H.